The summed E-state index contributed by atoms with van der Waals surface area (Å²) >= 11 is 0. The average molecular weight is 353 g/mol. The molecule has 1 aromatic heterocycles. The van der Waals surface area contributed by atoms with Crippen LogP contribution in [0.2, 0.25) is 0 Å². The summed E-state index contributed by atoms with van der Waals surface area (Å²) in [6.45, 7) is 6.21. The van der Waals surface area contributed by atoms with Crippen LogP contribution in [0.15, 0.2) is 59.0 Å². The molecule has 1 N–H and O–H groups in total. The van der Waals surface area contributed by atoms with Gasteiger partial charge in [0.2, 0.25) is 0 Å². The molecule has 3 rings (SSSR count). The molecule has 0 aliphatic rings. The van der Waals surface area contributed by atoms with E-state index >= 15 is 0 Å². The van der Waals surface area contributed by atoms with Gasteiger partial charge in [-0.25, -0.2) is 4.79 Å². The molecule has 1 heterocycles. The van der Waals surface area contributed by atoms with Gasteiger partial charge < -0.3 is 14.3 Å². The maximum atomic E-state index is 12.8. The number of ether oxygens (including phenoxy) is 1. The molecule has 0 unspecified atom stereocenters. The summed E-state index contributed by atoms with van der Waals surface area (Å²) in [5.74, 6) is 0.119. The van der Waals surface area contributed by atoms with Gasteiger partial charge in [0, 0.05) is 23.5 Å². The highest BCUT2D eigenvalue weighted by atomic mass is 16.6. The number of amides is 1. The summed E-state index contributed by atoms with van der Waals surface area (Å²) in [4.78, 5) is 14.4. The van der Waals surface area contributed by atoms with Gasteiger partial charge in [0.1, 0.15) is 5.58 Å². The number of carbonyl (C=O) groups is 1. The maximum Gasteiger partial charge on any atom is 0.418 e. The number of rotatable bonds is 4. The monoisotopic (exact) mass is 353 g/mol. The highest BCUT2D eigenvalue weighted by Crippen LogP contribution is 2.29. The van der Waals surface area contributed by atoms with Crippen molar-refractivity contribution in [1.82, 2.24) is 4.90 Å². The van der Waals surface area contributed by atoms with Gasteiger partial charge in [-0.2, -0.15) is 0 Å². The van der Waals surface area contributed by atoms with Crippen LogP contribution in [-0.4, -0.2) is 21.6 Å². The molecule has 0 aliphatic carbocycles. The lowest BCUT2D eigenvalue weighted by atomic mass is 10.1. The van der Waals surface area contributed by atoms with Crippen LogP contribution in [0.1, 0.15) is 31.9 Å². The SMILES string of the molecule is CC(C)(C)N(Cc1ccccc1)C(=O)Oc1cc2c(CO)cccc2o1. The van der Waals surface area contributed by atoms with E-state index in [0.29, 0.717) is 12.1 Å². The van der Waals surface area contributed by atoms with Crippen molar-refractivity contribution in [3.63, 3.8) is 0 Å². The van der Waals surface area contributed by atoms with Crippen molar-refractivity contribution in [1.29, 1.82) is 0 Å². The highest BCUT2D eigenvalue weighted by Gasteiger charge is 2.29. The number of fused-ring (bicyclic) bond motifs is 1. The van der Waals surface area contributed by atoms with Crippen LogP contribution in [0.25, 0.3) is 11.0 Å². The molecule has 26 heavy (non-hydrogen) atoms. The van der Waals surface area contributed by atoms with Crippen molar-refractivity contribution in [2.24, 2.45) is 0 Å². The van der Waals surface area contributed by atoms with Crippen molar-refractivity contribution in [3.8, 4) is 5.95 Å². The lowest BCUT2D eigenvalue weighted by molar-refractivity contribution is 0.0948. The third kappa shape index (κ3) is 3.89. The largest absolute Gasteiger partial charge is 0.425 e. The number of benzene rings is 2. The minimum absolute atomic E-state index is 0.105. The van der Waals surface area contributed by atoms with Gasteiger partial charge in [-0.15, -0.1) is 0 Å². The highest BCUT2D eigenvalue weighted by molar-refractivity contribution is 5.83. The van der Waals surface area contributed by atoms with E-state index in [0.717, 1.165) is 16.5 Å². The fourth-order valence-electron chi connectivity index (χ4n) is 2.77. The first-order valence-corrected chi connectivity index (χ1v) is 8.54. The third-order valence-electron chi connectivity index (χ3n) is 4.20. The van der Waals surface area contributed by atoms with Crippen molar-refractivity contribution >= 4 is 17.1 Å². The van der Waals surface area contributed by atoms with Gasteiger partial charge in [0.05, 0.1) is 6.61 Å². The predicted octanol–water partition coefficient (Wildman–Crippen LogP) is 4.72. The molecule has 0 saturated heterocycles. The zero-order valence-electron chi connectivity index (χ0n) is 15.2. The summed E-state index contributed by atoms with van der Waals surface area (Å²) in [6, 6.07) is 16.8. The topological polar surface area (TPSA) is 62.9 Å². The quantitative estimate of drug-likeness (QED) is 0.737. The van der Waals surface area contributed by atoms with Gasteiger partial charge in [0.25, 0.3) is 5.95 Å². The lowest BCUT2D eigenvalue weighted by Gasteiger charge is -2.34. The Morgan fingerprint density at radius 2 is 1.85 bits per heavy atom. The van der Waals surface area contributed by atoms with Gasteiger partial charge in [-0.1, -0.05) is 42.5 Å². The van der Waals surface area contributed by atoms with Crippen LogP contribution in [0.5, 0.6) is 5.95 Å². The number of furan rings is 1. The Balaban J connectivity index is 1.84. The third-order valence-corrected chi connectivity index (χ3v) is 4.20. The Hall–Kier alpha value is -2.79. The first-order valence-electron chi connectivity index (χ1n) is 8.54. The number of hydrogen-bond acceptors (Lipinski definition) is 4. The van der Waals surface area contributed by atoms with E-state index < -0.39 is 11.6 Å². The molecule has 5 heteroatoms. The molecule has 0 saturated carbocycles. The summed E-state index contributed by atoms with van der Waals surface area (Å²) in [5, 5.41) is 10.2. The molecule has 0 fully saturated rings. The van der Waals surface area contributed by atoms with Crippen molar-refractivity contribution < 1.29 is 19.1 Å². The van der Waals surface area contributed by atoms with Gasteiger partial charge in [-0.05, 0) is 38.0 Å². The van der Waals surface area contributed by atoms with Gasteiger partial charge >= 0.3 is 6.09 Å². The van der Waals surface area contributed by atoms with E-state index in [2.05, 4.69) is 0 Å². The molecule has 0 aliphatic heterocycles. The van der Waals surface area contributed by atoms with Crippen LogP contribution in [-0.2, 0) is 13.2 Å². The van der Waals surface area contributed by atoms with Crippen LogP contribution in [0.4, 0.5) is 4.79 Å². The second-order valence-corrected chi connectivity index (χ2v) is 7.16. The zero-order valence-corrected chi connectivity index (χ0v) is 15.2. The first-order chi connectivity index (χ1) is 12.4. The standard InChI is InChI=1S/C21H23NO4/c1-21(2,3)22(13-15-8-5-4-6-9-15)20(24)26-19-12-17-16(14-23)10-7-11-18(17)25-19/h4-12,23H,13-14H2,1-3H3. The van der Waals surface area contributed by atoms with E-state index in [1.807, 2.05) is 51.1 Å². The minimum Gasteiger partial charge on any atom is -0.425 e. The fraction of sp³-hybridized carbons (Fsp3) is 0.286. The Kier molecular flexibility index (Phi) is 5.00. The summed E-state index contributed by atoms with van der Waals surface area (Å²) < 4.78 is 11.1. The van der Waals surface area contributed by atoms with Crippen LogP contribution in [0, 0.1) is 0 Å². The molecular weight excluding hydrogens is 330 g/mol. The number of aliphatic hydroxyl groups excluding tert-OH is 1. The van der Waals surface area contributed by atoms with Crippen molar-refractivity contribution in [2.45, 2.75) is 39.5 Å². The first kappa shape index (κ1) is 18.0. The number of aliphatic hydroxyl groups is 1. The molecule has 1 amide bonds. The van der Waals surface area contributed by atoms with E-state index in [1.54, 1.807) is 29.2 Å². The maximum absolute atomic E-state index is 12.8. The second kappa shape index (κ2) is 7.22. The van der Waals surface area contributed by atoms with E-state index in [1.165, 1.54) is 0 Å². The van der Waals surface area contributed by atoms with Crippen LogP contribution >= 0.6 is 0 Å². The molecule has 0 bridgehead atoms. The molecule has 3 aromatic rings. The van der Waals surface area contributed by atoms with Crippen LogP contribution < -0.4 is 4.74 Å². The molecule has 136 valence electrons. The van der Waals surface area contributed by atoms with Crippen LogP contribution in [0.3, 0.4) is 0 Å². The smallest absolute Gasteiger partial charge is 0.418 e. The van der Waals surface area contributed by atoms with E-state index in [9.17, 15) is 9.90 Å². The summed E-state index contributed by atoms with van der Waals surface area (Å²) in [5.41, 5.74) is 1.90. The number of carbonyl (C=O) groups excluding carboxylic acids is 1. The number of nitrogens with zero attached hydrogens (tertiary/aromatic N) is 1. The van der Waals surface area contributed by atoms with E-state index in [-0.39, 0.29) is 12.6 Å². The predicted molar refractivity (Wildman–Crippen MR) is 99.9 cm³/mol. The molecule has 5 nitrogen and oxygen atoms in total. The van der Waals surface area contributed by atoms with Gasteiger partial charge in [-0.3, -0.25) is 4.90 Å². The molecule has 0 spiro atoms. The second-order valence-electron chi connectivity index (χ2n) is 7.16. The lowest BCUT2D eigenvalue weighted by Crippen LogP contribution is -2.46. The van der Waals surface area contributed by atoms with Crippen molar-refractivity contribution in [3.05, 3.63) is 65.7 Å². The zero-order chi connectivity index (χ0) is 18.7. The average Bonchev–Trinajstić information content (AvgIpc) is 3.01. The normalized spacial score (nSPS) is 11.5. The molecular formula is C21H23NO4. The Morgan fingerprint density at radius 1 is 1.12 bits per heavy atom. The molecule has 2 aromatic carbocycles. The Labute approximate surface area is 152 Å². The summed E-state index contributed by atoms with van der Waals surface area (Å²) in [6.07, 6.45) is -0.481. The van der Waals surface area contributed by atoms with Crippen molar-refractivity contribution in [2.75, 3.05) is 0 Å². The fourth-order valence-corrected chi connectivity index (χ4v) is 2.77. The summed E-state index contributed by atoms with van der Waals surface area (Å²) in [7, 11) is 0. The molecule has 0 radical (unpaired) electrons. The van der Waals surface area contributed by atoms with Gasteiger partial charge in [0.15, 0.2) is 0 Å². The molecule has 0 atom stereocenters. The minimum atomic E-state index is -0.481. The Bertz CT molecular complexity index is 893. The number of hydrogen-bond donors (Lipinski definition) is 1. The Morgan fingerprint density at radius 3 is 2.50 bits per heavy atom. The van der Waals surface area contributed by atoms with E-state index in [4.69, 9.17) is 9.15 Å².